The highest BCUT2D eigenvalue weighted by molar-refractivity contribution is 5.80. The lowest BCUT2D eigenvalue weighted by Gasteiger charge is -2.40. The Bertz CT molecular complexity index is 558. The highest BCUT2D eigenvalue weighted by Crippen LogP contribution is 2.26. The van der Waals surface area contributed by atoms with Crippen LogP contribution in [0.1, 0.15) is 18.9 Å². The van der Waals surface area contributed by atoms with Crippen LogP contribution in [-0.4, -0.2) is 42.7 Å². The lowest BCUT2D eigenvalue weighted by Crippen LogP contribution is -2.58. The van der Waals surface area contributed by atoms with Crippen molar-refractivity contribution in [1.82, 2.24) is 4.90 Å². The fraction of sp³-hybridized carbons (Fsp3) is 0.500. The van der Waals surface area contributed by atoms with Crippen LogP contribution in [0.5, 0.6) is 5.75 Å². The number of ether oxygens (including phenoxy) is 2. The van der Waals surface area contributed by atoms with E-state index in [4.69, 9.17) is 14.7 Å². The van der Waals surface area contributed by atoms with Crippen LogP contribution < -0.4 is 4.74 Å². The third-order valence-electron chi connectivity index (χ3n) is 4.14. The largest absolute Gasteiger partial charge is 0.487 e. The molecular formula is C16H18N2O3. The minimum atomic E-state index is 0.000798. The molecule has 110 valence electrons. The average molecular weight is 286 g/mol. The van der Waals surface area contributed by atoms with Gasteiger partial charge in [0.15, 0.2) is 0 Å². The van der Waals surface area contributed by atoms with Gasteiger partial charge in [0, 0.05) is 6.61 Å². The Labute approximate surface area is 124 Å². The van der Waals surface area contributed by atoms with Crippen molar-refractivity contribution in [2.45, 2.75) is 25.6 Å². The molecule has 0 bridgehead atoms. The monoisotopic (exact) mass is 286 g/mol. The summed E-state index contributed by atoms with van der Waals surface area (Å²) in [5.74, 6) is 0.921. The number of carbonyl (C=O) groups is 1. The fourth-order valence-electron chi connectivity index (χ4n) is 2.78. The van der Waals surface area contributed by atoms with Gasteiger partial charge in [0.25, 0.3) is 0 Å². The van der Waals surface area contributed by atoms with Gasteiger partial charge in [-0.2, -0.15) is 5.26 Å². The second-order valence-corrected chi connectivity index (χ2v) is 5.59. The molecule has 2 aliphatic heterocycles. The number of hydrogen-bond acceptors (Lipinski definition) is 4. The molecule has 2 atom stereocenters. The molecule has 0 radical (unpaired) electrons. The van der Waals surface area contributed by atoms with Gasteiger partial charge in [0.2, 0.25) is 5.91 Å². The number of rotatable bonds is 3. The van der Waals surface area contributed by atoms with E-state index in [9.17, 15) is 4.79 Å². The van der Waals surface area contributed by atoms with Crippen molar-refractivity contribution >= 4 is 5.91 Å². The molecule has 21 heavy (non-hydrogen) atoms. The van der Waals surface area contributed by atoms with Crippen LogP contribution in [0.4, 0.5) is 0 Å². The van der Waals surface area contributed by atoms with Gasteiger partial charge < -0.3 is 14.4 Å². The number of amides is 1. The Morgan fingerprint density at radius 1 is 1.38 bits per heavy atom. The molecule has 0 N–H and O–H groups in total. The number of nitriles is 1. The second-order valence-electron chi connectivity index (χ2n) is 5.59. The number of hydrogen-bond donors (Lipinski definition) is 0. The van der Waals surface area contributed by atoms with E-state index in [0.29, 0.717) is 25.3 Å². The summed E-state index contributed by atoms with van der Waals surface area (Å²) in [4.78, 5) is 14.1. The van der Waals surface area contributed by atoms with Gasteiger partial charge >= 0.3 is 0 Å². The van der Waals surface area contributed by atoms with Gasteiger partial charge in [-0.25, -0.2) is 0 Å². The highest BCUT2D eigenvalue weighted by Gasteiger charge is 2.39. The number of nitrogens with zero attached hydrogens (tertiary/aromatic N) is 2. The standard InChI is InChI=1S/C16H18N2O3/c1-11-15(6-7-20-11)16(19)18-9-14(10-18)21-13-4-2-12(8-17)3-5-13/h2-5,11,14-15H,6-7,9-10H2,1H3/t11-,15+/m1/s1. The molecule has 0 saturated carbocycles. The molecule has 0 aromatic heterocycles. The van der Waals surface area contributed by atoms with Crippen molar-refractivity contribution in [3.63, 3.8) is 0 Å². The quantitative estimate of drug-likeness (QED) is 0.846. The summed E-state index contributed by atoms with van der Waals surface area (Å²) < 4.78 is 11.2. The molecule has 0 spiro atoms. The van der Waals surface area contributed by atoms with Crippen LogP contribution in [0.15, 0.2) is 24.3 Å². The summed E-state index contributed by atoms with van der Waals surface area (Å²) >= 11 is 0. The summed E-state index contributed by atoms with van der Waals surface area (Å²) in [5, 5.41) is 8.74. The Hall–Kier alpha value is -2.06. The molecule has 2 fully saturated rings. The molecule has 1 amide bonds. The van der Waals surface area contributed by atoms with Crippen LogP contribution in [0, 0.1) is 17.2 Å². The van der Waals surface area contributed by atoms with E-state index in [0.717, 1.165) is 12.2 Å². The SMILES string of the molecule is C[C@H]1OCC[C@@H]1C(=O)N1CC(Oc2ccc(C#N)cc2)C1. The smallest absolute Gasteiger partial charge is 0.228 e. The van der Waals surface area contributed by atoms with Crippen molar-refractivity contribution in [1.29, 1.82) is 5.26 Å². The van der Waals surface area contributed by atoms with Crippen molar-refractivity contribution in [2.75, 3.05) is 19.7 Å². The molecule has 0 aliphatic carbocycles. The molecule has 2 heterocycles. The first-order valence-corrected chi connectivity index (χ1v) is 7.24. The van der Waals surface area contributed by atoms with E-state index in [-0.39, 0.29) is 24.0 Å². The summed E-state index contributed by atoms with van der Waals surface area (Å²) in [7, 11) is 0. The van der Waals surface area contributed by atoms with E-state index >= 15 is 0 Å². The van der Waals surface area contributed by atoms with Crippen molar-refractivity contribution in [2.24, 2.45) is 5.92 Å². The van der Waals surface area contributed by atoms with Crippen molar-refractivity contribution in [3.8, 4) is 11.8 Å². The summed E-state index contributed by atoms with van der Waals surface area (Å²) in [5.41, 5.74) is 0.614. The summed E-state index contributed by atoms with van der Waals surface area (Å²) in [6.45, 7) is 3.89. The molecule has 1 aromatic rings. The zero-order valence-electron chi connectivity index (χ0n) is 12.0. The predicted octanol–water partition coefficient (Wildman–Crippen LogP) is 1.57. The van der Waals surface area contributed by atoms with Crippen molar-refractivity contribution < 1.29 is 14.3 Å². The van der Waals surface area contributed by atoms with Crippen LogP contribution in [0.25, 0.3) is 0 Å². The highest BCUT2D eigenvalue weighted by atomic mass is 16.5. The van der Waals surface area contributed by atoms with E-state index in [1.807, 2.05) is 11.8 Å². The first-order valence-electron chi connectivity index (χ1n) is 7.24. The lowest BCUT2D eigenvalue weighted by molar-refractivity contribution is -0.145. The molecule has 0 unspecified atom stereocenters. The van der Waals surface area contributed by atoms with Gasteiger partial charge in [-0.05, 0) is 37.6 Å². The number of likely N-dealkylation sites (tertiary alicyclic amines) is 1. The van der Waals surface area contributed by atoms with Gasteiger partial charge in [0.05, 0.1) is 36.7 Å². The zero-order chi connectivity index (χ0) is 14.8. The summed E-state index contributed by atoms with van der Waals surface area (Å²) in [6, 6.07) is 9.11. The molecule has 5 heteroatoms. The lowest BCUT2D eigenvalue weighted by atomic mass is 9.98. The van der Waals surface area contributed by atoms with E-state index in [1.165, 1.54) is 0 Å². The van der Waals surface area contributed by atoms with E-state index in [1.54, 1.807) is 24.3 Å². The molecule has 3 rings (SSSR count). The van der Waals surface area contributed by atoms with Crippen LogP contribution in [-0.2, 0) is 9.53 Å². The Kier molecular flexibility index (Phi) is 3.80. The maximum atomic E-state index is 12.3. The van der Waals surface area contributed by atoms with Crippen LogP contribution in [0.2, 0.25) is 0 Å². The second kappa shape index (κ2) is 5.74. The van der Waals surface area contributed by atoms with Crippen LogP contribution >= 0.6 is 0 Å². The van der Waals surface area contributed by atoms with Crippen LogP contribution in [0.3, 0.4) is 0 Å². The topological polar surface area (TPSA) is 62.6 Å². The fourth-order valence-corrected chi connectivity index (χ4v) is 2.78. The van der Waals surface area contributed by atoms with Gasteiger partial charge in [-0.3, -0.25) is 4.79 Å². The van der Waals surface area contributed by atoms with Gasteiger partial charge in [-0.15, -0.1) is 0 Å². The summed E-state index contributed by atoms with van der Waals surface area (Å²) in [6.07, 6.45) is 0.882. The molecular weight excluding hydrogens is 268 g/mol. The Morgan fingerprint density at radius 3 is 2.67 bits per heavy atom. The average Bonchev–Trinajstić information content (AvgIpc) is 2.88. The molecule has 2 saturated heterocycles. The number of carbonyl (C=O) groups excluding carboxylic acids is 1. The third kappa shape index (κ3) is 2.86. The normalized spacial score (nSPS) is 25.2. The Balaban J connectivity index is 1.49. The number of benzene rings is 1. The van der Waals surface area contributed by atoms with E-state index in [2.05, 4.69) is 6.07 Å². The minimum Gasteiger partial charge on any atom is -0.487 e. The maximum absolute atomic E-state index is 12.3. The van der Waals surface area contributed by atoms with Crippen molar-refractivity contribution in [3.05, 3.63) is 29.8 Å². The molecule has 5 nitrogen and oxygen atoms in total. The molecule has 1 aromatic carbocycles. The zero-order valence-corrected chi connectivity index (χ0v) is 12.0. The minimum absolute atomic E-state index is 0.000798. The first-order chi connectivity index (χ1) is 10.2. The molecule has 2 aliphatic rings. The Morgan fingerprint density at radius 2 is 2.10 bits per heavy atom. The third-order valence-corrected chi connectivity index (χ3v) is 4.14. The first kappa shape index (κ1) is 13.9. The van der Waals surface area contributed by atoms with Gasteiger partial charge in [-0.1, -0.05) is 0 Å². The van der Waals surface area contributed by atoms with Gasteiger partial charge in [0.1, 0.15) is 11.9 Å². The maximum Gasteiger partial charge on any atom is 0.228 e. The van der Waals surface area contributed by atoms with E-state index < -0.39 is 0 Å². The predicted molar refractivity (Wildman–Crippen MR) is 75.7 cm³/mol.